The van der Waals surface area contributed by atoms with Crippen molar-refractivity contribution >= 4 is 29.3 Å². The predicted octanol–water partition coefficient (Wildman–Crippen LogP) is 7.08. The highest BCUT2D eigenvalue weighted by atomic mass is 16.5. The molecule has 8 nitrogen and oxygen atoms in total. The summed E-state index contributed by atoms with van der Waals surface area (Å²) in [7, 11) is 1.60. The molecule has 1 fully saturated rings. The average Bonchev–Trinajstić information content (AvgIpc) is 2.93. The Balaban J connectivity index is 1.67. The molecule has 1 aliphatic carbocycles. The number of carboxylic acid groups (broad SMARTS) is 1. The number of rotatable bonds is 8. The topological polar surface area (TPSA) is 117 Å². The molecule has 0 saturated heterocycles. The minimum Gasteiger partial charge on any atom is -0.497 e. The zero-order valence-electron chi connectivity index (χ0n) is 24.4. The molecule has 0 aromatic heterocycles. The Labute approximate surface area is 241 Å². The van der Waals surface area contributed by atoms with E-state index in [1.165, 1.54) is 0 Å². The monoisotopic (exact) mass is 557 g/mol. The minimum absolute atomic E-state index is 0.181. The second kappa shape index (κ2) is 12.5. The highest BCUT2D eigenvalue weighted by molar-refractivity contribution is 6.08. The molecule has 1 saturated carbocycles. The summed E-state index contributed by atoms with van der Waals surface area (Å²) in [6.07, 6.45) is 4.37. The van der Waals surface area contributed by atoms with Crippen molar-refractivity contribution in [1.82, 2.24) is 5.32 Å². The molecule has 0 aliphatic heterocycles. The largest absolute Gasteiger partial charge is 0.497 e. The molecule has 0 radical (unpaired) electrons. The van der Waals surface area contributed by atoms with E-state index in [-0.39, 0.29) is 11.3 Å². The third-order valence-electron chi connectivity index (χ3n) is 8.07. The molecule has 3 amide bonds. The number of hydrogen-bond donors (Lipinski definition) is 4. The summed E-state index contributed by atoms with van der Waals surface area (Å²) in [5.74, 6) is -0.902. The van der Waals surface area contributed by atoms with Crippen molar-refractivity contribution < 1.29 is 24.2 Å². The van der Waals surface area contributed by atoms with Gasteiger partial charge in [0.1, 0.15) is 11.8 Å². The number of carbonyl (C=O) groups excluding carboxylic acids is 2. The van der Waals surface area contributed by atoms with Crippen LogP contribution in [0.2, 0.25) is 0 Å². The fraction of sp³-hybridized carbons (Fsp3) is 0.364. The van der Waals surface area contributed by atoms with E-state index in [0.717, 1.165) is 59.9 Å². The molecule has 1 aliphatic rings. The number of anilines is 2. The number of methoxy groups -OCH3 is 1. The number of carboxylic acids is 1. The minimum atomic E-state index is -1.06. The Morgan fingerprint density at radius 2 is 1.46 bits per heavy atom. The zero-order chi connectivity index (χ0) is 29.7. The Hall–Kier alpha value is -4.33. The van der Waals surface area contributed by atoms with Crippen LogP contribution in [0.5, 0.6) is 5.75 Å². The molecule has 0 bridgehead atoms. The van der Waals surface area contributed by atoms with Gasteiger partial charge in [-0.2, -0.15) is 0 Å². The van der Waals surface area contributed by atoms with Crippen molar-refractivity contribution in [3.05, 3.63) is 76.9 Å². The molecule has 8 heteroatoms. The Bertz CT molecular complexity index is 1420. The molecular weight excluding hydrogens is 518 g/mol. The van der Waals surface area contributed by atoms with Gasteiger partial charge in [-0.1, -0.05) is 62.1 Å². The normalized spacial score (nSPS) is 15.0. The number of nitrogens with one attached hydrogen (secondary N) is 3. The first-order chi connectivity index (χ1) is 19.5. The van der Waals surface area contributed by atoms with Crippen LogP contribution in [-0.2, 0) is 4.79 Å². The van der Waals surface area contributed by atoms with Gasteiger partial charge in [-0.05, 0) is 85.5 Å². The van der Waals surface area contributed by atoms with E-state index in [1.807, 2.05) is 64.1 Å². The van der Waals surface area contributed by atoms with Crippen LogP contribution >= 0.6 is 0 Å². The molecule has 216 valence electrons. The summed E-state index contributed by atoms with van der Waals surface area (Å²) in [5.41, 5.74) is 5.18. The van der Waals surface area contributed by atoms with Crippen molar-refractivity contribution in [3.8, 4) is 16.9 Å². The molecule has 41 heavy (non-hydrogen) atoms. The van der Waals surface area contributed by atoms with Crippen LogP contribution < -0.4 is 20.7 Å². The van der Waals surface area contributed by atoms with Gasteiger partial charge in [0, 0.05) is 5.69 Å². The maximum absolute atomic E-state index is 13.6. The van der Waals surface area contributed by atoms with Gasteiger partial charge in [0.25, 0.3) is 5.91 Å². The highest BCUT2D eigenvalue weighted by Gasteiger charge is 2.41. The van der Waals surface area contributed by atoms with Crippen LogP contribution in [0.4, 0.5) is 16.2 Å². The summed E-state index contributed by atoms with van der Waals surface area (Å²) in [6.45, 7) is 7.78. The number of hydrogen-bond acceptors (Lipinski definition) is 4. The lowest BCUT2D eigenvalue weighted by atomic mass is 9.70. The number of urea groups is 1. The van der Waals surface area contributed by atoms with Crippen LogP contribution in [0, 0.1) is 26.2 Å². The van der Waals surface area contributed by atoms with Gasteiger partial charge in [0.05, 0.1) is 18.4 Å². The number of carbonyl (C=O) groups is 3. The van der Waals surface area contributed by atoms with Crippen molar-refractivity contribution in [2.75, 3.05) is 17.7 Å². The van der Waals surface area contributed by atoms with Crippen molar-refractivity contribution in [2.45, 2.75) is 65.8 Å². The summed E-state index contributed by atoms with van der Waals surface area (Å²) < 4.78 is 5.26. The van der Waals surface area contributed by atoms with Crippen LogP contribution in [-0.4, -0.2) is 36.2 Å². The van der Waals surface area contributed by atoms with Crippen LogP contribution in [0.25, 0.3) is 11.1 Å². The molecule has 3 aromatic rings. The predicted molar refractivity (Wildman–Crippen MR) is 162 cm³/mol. The van der Waals surface area contributed by atoms with Crippen LogP contribution in [0.15, 0.2) is 54.6 Å². The van der Waals surface area contributed by atoms with E-state index >= 15 is 0 Å². The van der Waals surface area contributed by atoms with Crippen molar-refractivity contribution in [3.63, 3.8) is 0 Å². The van der Waals surface area contributed by atoms with E-state index in [9.17, 15) is 19.5 Å². The van der Waals surface area contributed by atoms with Gasteiger partial charge in [0.2, 0.25) is 0 Å². The van der Waals surface area contributed by atoms with E-state index in [0.29, 0.717) is 11.4 Å². The number of aliphatic carboxylic acids is 1. The van der Waals surface area contributed by atoms with Crippen LogP contribution in [0.3, 0.4) is 0 Å². The van der Waals surface area contributed by atoms with E-state index < -0.39 is 29.4 Å². The highest BCUT2D eigenvalue weighted by Crippen LogP contribution is 2.39. The van der Waals surface area contributed by atoms with E-state index in [4.69, 9.17) is 4.74 Å². The summed E-state index contributed by atoms with van der Waals surface area (Å²) in [5, 5.41) is 18.6. The van der Waals surface area contributed by atoms with Crippen molar-refractivity contribution in [2.24, 2.45) is 5.41 Å². The lowest BCUT2D eigenvalue weighted by molar-refractivity contribution is -0.143. The molecule has 3 aromatic carbocycles. The summed E-state index contributed by atoms with van der Waals surface area (Å²) >= 11 is 0. The van der Waals surface area contributed by atoms with E-state index in [1.54, 1.807) is 25.3 Å². The quantitative estimate of drug-likeness (QED) is 0.236. The molecular formula is C33H39N3O5. The van der Waals surface area contributed by atoms with Gasteiger partial charge < -0.3 is 25.8 Å². The first-order valence-corrected chi connectivity index (χ1v) is 14.0. The maximum atomic E-state index is 13.6. The lowest BCUT2D eigenvalue weighted by Gasteiger charge is -2.38. The molecule has 0 spiro atoms. The Kier molecular flexibility index (Phi) is 9.01. The molecule has 4 rings (SSSR count). The first-order valence-electron chi connectivity index (χ1n) is 14.0. The van der Waals surface area contributed by atoms with Gasteiger partial charge >= 0.3 is 12.0 Å². The lowest BCUT2D eigenvalue weighted by Crippen LogP contribution is -2.52. The van der Waals surface area contributed by atoms with E-state index in [2.05, 4.69) is 16.0 Å². The maximum Gasteiger partial charge on any atom is 0.326 e. The molecule has 1 atom stereocenters. The van der Waals surface area contributed by atoms with Crippen LogP contribution in [0.1, 0.15) is 66.1 Å². The number of amides is 3. The van der Waals surface area contributed by atoms with Gasteiger partial charge in [0.15, 0.2) is 0 Å². The molecule has 0 heterocycles. The average molecular weight is 558 g/mol. The summed E-state index contributed by atoms with van der Waals surface area (Å²) in [4.78, 5) is 39.2. The second-order valence-electron chi connectivity index (χ2n) is 11.3. The summed E-state index contributed by atoms with van der Waals surface area (Å²) in [6, 6.07) is 15.0. The standard InChI is InChI=1S/C33H39N3O5/c1-20-17-21(2)28(22(3)18-20)35-32(40)34-27-19-24(23-9-12-25(41-5)13-10-23)11-14-26(27)30(37)36-29(31(38)39)33(4)15-7-6-8-16-33/h9-14,17-19,29H,6-8,15-16H2,1-5H3,(H,36,37)(H,38,39)(H2,34,35,40)/t29-/m1/s1. The Morgan fingerprint density at radius 1 is 0.854 bits per heavy atom. The third kappa shape index (κ3) is 6.88. The van der Waals surface area contributed by atoms with Crippen molar-refractivity contribution in [1.29, 1.82) is 0 Å². The SMILES string of the molecule is COc1ccc(-c2ccc(C(=O)N[C@H](C(=O)O)C3(C)CCCCC3)c(NC(=O)Nc3c(C)cc(C)cc3C)c2)cc1. The third-order valence-corrected chi connectivity index (χ3v) is 8.07. The van der Waals surface area contributed by atoms with Gasteiger partial charge in [-0.3, -0.25) is 4.79 Å². The smallest absolute Gasteiger partial charge is 0.326 e. The number of aryl methyl sites for hydroxylation is 3. The molecule has 4 N–H and O–H groups in total. The van der Waals surface area contributed by atoms with Gasteiger partial charge in [-0.25, -0.2) is 9.59 Å². The Morgan fingerprint density at radius 3 is 2.05 bits per heavy atom. The fourth-order valence-electron chi connectivity index (χ4n) is 5.84. The fourth-order valence-corrected chi connectivity index (χ4v) is 5.84. The number of benzene rings is 3. The first kappa shape index (κ1) is 29.6. The number of ether oxygens (including phenoxy) is 1. The zero-order valence-corrected chi connectivity index (χ0v) is 24.4. The molecule has 0 unspecified atom stereocenters. The van der Waals surface area contributed by atoms with Gasteiger partial charge in [-0.15, -0.1) is 0 Å². The second-order valence-corrected chi connectivity index (χ2v) is 11.3.